The van der Waals surface area contributed by atoms with Crippen molar-refractivity contribution in [2.24, 2.45) is 11.8 Å². The number of nitrogens with zero attached hydrogens (tertiary/aromatic N) is 2. The van der Waals surface area contributed by atoms with Gasteiger partial charge in [0.05, 0.1) is 12.1 Å². The molecule has 6 heteroatoms. The lowest BCUT2D eigenvalue weighted by Gasteiger charge is -2.29. The molecule has 1 aromatic heterocycles. The lowest BCUT2D eigenvalue weighted by molar-refractivity contribution is -0.142. The van der Waals surface area contributed by atoms with E-state index in [0.717, 1.165) is 79.0 Å². The average molecular weight is 531 g/mol. The predicted octanol–water partition coefficient (Wildman–Crippen LogP) is 7.32. The smallest absolute Gasteiger partial charge is 0.306 e. The Labute approximate surface area is 231 Å². The molecule has 0 bridgehead atoms. The first-order valence-electron chi connectivity index (χ1n) is 14.3. The summed E-state index contributed by atoms with van der Waals surface area (Å²) in [6.45, 7) is 10.5. The number of fused-ring (bicyclic) bond motifs is 1. The van der Waals surface area contributed by atoms with E-state index >= 15 is 0 Å². The molecule has 206 valence electrons. The molecule has 1 fully saturated rings. The quantitative estimate of drug-likeness (QED) is 0.298. The van der Waals surface area contributed by atoms with E-state index in [0.29, 0.717) is 11.5 Å². The number of aliphatic carboxylic acids is 1. The lowest BCUT2D eigenvalue weighted by atomic mass is 9.82. The van der Waals surface area contributed by atoms with E-state index in [-0.39, 0.29) is 17.8 Å². The van der Waals surface area contributed by atoms with Gasteiger partial charge in [-0.1, -0.05) is 51.1 Å². The van der Waals surface area contributed by atoms with Crippen molar-refractivity contribution >= 4 is 5.97 Å². The molecule has 1 N–H and O–H groups in total. The van der Waals surface area contributed by atoms with E-state index in [1.54, 1.807) is 0 Å². The van der Waals surface area contributed by atoms with Crippen molar-refractivity contribution < 1.29 is 19.0 Å². The van der Waals surface area contributed by atoms with E-state index in [1.165, 1.54) is 11.8 Å². The summed E-state index contributed by atoms with van der Waals surface area (Å²) >= 11 is 0. The maximum Gasteiger partial charge on any atom is 0.306 e. The van der Waals surface area contributed by atoms with Gasteiger partial charge in [0.25, 0.3) is 0 Å². The van der Waals surface area contributed by atoms with Crippen LogP contribution in [0.4, 0.5) is 4.39 Å². The Morgan fingerprint density at radius 3 is 2.56 bits per heavy atom. The molecule has 3 aromatic rings. The molecule has 3 atom stereocenters. The van der Waals surface area contributed by atoms with Crippen LogP contribution in [0.2, 0.25) is 0 Å². The number of ether oxygens (including phenoxy) is 1. The van der Waals surface area contributed by atoms with Crippen LogP contribution in [-0.2, 0) is 17.8 Å². The predicted molar refractivity (Wildman–Crippen MR) is 151 cm³/mol. The molecule has 1 unspecified atom stereocenters. The Balaban J connectivity index is 1.47. The highest BCUT2D eigenvalue weighted by molar-refractivity contribution is 5.71. The highest BCUT2D eigenvalue weighted by atomic mass is 19.1. The first-order chi connectivity index (χ1) is 18.8. The van der Waals surface area contributed by atoms with Crippen LogP contribution < -0.4 is 4.74 Å². The van der Waals surface area contributed by atoms with Crippen molar-refractivity contribution in [2.75, 3.05) is 13.1 Å². The maximum absolute atomic E-state index is 14.9. The Morgan fingerprint density at radius 1 is 1.10 bits per heavy atom. The number of benzene rings is 2. The van der Waals surface area contributed by atoms with E-state index in [1.807, 2.05) is 26.0 Å². The van der Waals surface area contributed by atoms with Crippen molar-refractivity contribution in [3.63, 3.8) is 0 Å². The molecule has 5 rings (SSSR count). The van der Waals surface area contributed by atoms with Crippen molar-refractivity contribution in [3.8, 4) is 16.9 Å². The lowest BCUT2D eigenvalue weighted by Crippen LogP contribution is -2.23. The summed E-state index contributed by atoms with van der Waals surface area (Å²) < 4.78 is 21.5. The summed E-state index contributed by atoms with van der Waals surface area (Å²) in [6, 6.07) is 14.4. The third-order valence-corrected chi connectivity index (χ3v) is 8.55. The average Bonchev–Trinajstić information content (AvgIpc) is 3.78. The molecule has 2 heterocycles. The van der Waals surface area contributed by atoms with Gasteiger partial charge in [-0.25, -0.2) is 4.39 Å². The van der Waals surface area contributed by atoms with Gasteiger partial charge in [-0.05, 0) is 97.5 Å². The first kappa shape index (κ1) is 27.3. The van der Waals surface area contributed by atoms with Gasteiger partial charge < -0.3 is 9.84 Å². The number of aromatic nitrogens is 1. The second-order valence-electron chi connectivity index (χ2n) is 11.2. The number of carboxylic acids is 1. The van der Waals surface area contributed by atoms with Gasteiger partial charge in [-0.3, -0.25) is 14.7 Å². The third kappa shape index (κ3) is 5.86. The summed E-state index contributed by atoms with van der Waals surface area (Å²) in [6.07, 6.45) is 5.12. The van der Waals surface area contributed by atoms with Crippen molar-refractivity contribution in [1.82, 2.24) is 9.88 Å². The van der Waals surface area contributed by atoms with E-state index < -0.39 is 11.9 Å². The Bertz CT molecular complexity index is 1350. The number of rotatable bonds is 10. The van der Waals surface area contributed by atoms with Crippen molar-refractivity contribution in [1.29, 1.82) is 0 Å². The molecule has 0 amide bonds. The van der Waals surface area contributed by atoms with Gasteiger partial charge in [-0.2, -0.15) is 0 Å². The third-order valence-electron chi connectivity index (χ3n) is 8.55. The summed E-state index contributed by atoms with van der Waals surface area (Å²) in [5.41, 5.74) is 6.65. The number of aryl methyl sites for hydroxylation is 2. The van der Waals surface area contributed by atoms with Crippen LogP contribution in [0.1, 0.15) is 80.0 Å². The van der Waals surface area contributed by atoms with Gasteiger partial charge >= 0.3 is 5.97 Å². The molecule has 5 nitrogen and oxygen atoms in total. The van der Waals surface area contributed by atoms with Crippen LogP contribution in [0, 0.1) is 24.6 Å². The number of pyridine rings is 1. The standard InChI is InChI=1S/C33H39FN2O3/c1-5-36(6-2)19-26-16-24(11-13-27(26)28-15-20(3)35-18-29(28)34)30-14-12-22-7-10-25(17-31(22)39-30)32(23-8-9-23)21(4)33(37)38/h7,10-11,13,15-18,21,23,30,32H,5-6,8-9,12,14,19H2,1-4H3,(H,37,38)/t21-,30?,32-/m0/s1. The zero-order valence-corrected chi connectivity index (χ0v) is 23.4. The Kier molecular flexibility index (Phi) is 8.03. The molecule has 1 aliphatic heterocycles. The van der Waals surface area contributed by atoms with Gasteiger partial charge in [-0.15, -0.1) is 0 Å². The molecule has 0 radical (unpaired) electrons. The number of carbonyl (C=O) groups is 1. The number of halogens is 1. The van der Waals surface area contributed by atoms with Crippen LogP contribution in [-0.4, -0.2) is 34.0 Å². The van der Waals surface area contributed by atoms with Crippen LogP contribution in [0.5, 0.6) is 5.75 Å². The molecule has 1 aliphatic carbocycles. The minimum atomic E-state index is -0.745. The fraction of sp³-hybridized carbons (Fsp3) is 0.455. The normalized spacial score (nSPS) is 18.4. The topological polar surface area (TPSA) is 62.7 Å². The number of hydrogen-bond acceptors (Lipinski definition) is 4. The van der Waals surface area contributed by atoms with Crippen molar-refractivity contribution in [2.45, 2.75) is 71.9 Å². The summed E-state index contributed by atoms with van der Waals surface area (Å²) in [7, 11) is 0. The SMILES string of the molecule is CCN(CC)Cc1cc(C2CCc3ccc([C@H](C4CC4)[C@H](C)C(=O)O)cc3O2)ccc1-c1cc(C)ncc1F. The Hall–Kier alpha value is -3.25. The zero-order chi connectivity index (χ0) is 27.7. The second-order valence-corrected chi connectivity index (χ2v) is 11.2. The Morgan fingerprint density at radius 2 is 1.87 bits per heavy atom. The molecule has 0 saturated heterocycles. The van der Waals surface area contributed by atoms with Crippen LogP contribution in [0.25, 0.3) is 11.1 Å². The molecule has 39 heavy (non-hydrogen) atoms. The molecule has 2 aromatic carbocycles. The van der Waals surface area contributed by atoms with E-state index in [9.17, 15) is 14.3 Å². The highest BCUT2D eigenvalue weighted by Crippen LogP contribution is 2.48. The number of hydrogen-bond donors (Lipinski definition) is 1. The fourth-order valence-corrected chi connectivity index (χ4v) is 6.05. The van der Waals surface area contributed by atoms with Gasteiger partial charge in [0.15, 0.2) is 0 Å². The van der Waals surface area contributed by atoms with Crippen molar-refractivity contribution in [3.05, 3.63) is 82.4 Å². The van der Waals surface area contributed by atoms with Gasteiger partial charge in [0, 0.05) is 17.8 Å². The van der Waals surface area contributed by atoms with Crippen LogP contribution in [0.15, 0.2) is 48.7 Å². The fourth-order valence-electron chi connectivity index (χ4n) is 6.05. The minimum absolute atomic E-state index is 0.00967. The molecular weight excluding hydrogens is 491 g/mol. The second kappa shape index (κ2) is 11.5. The van der Waals surface area contributed by atoms with E-state index in [2.05, 4.69) is 54.1 Å². The maximum atomic E-state index is 14.9. The van der Waals surface area contributed by atoms with Gasteiger partial charge in [0.2, 0.25) is 0 Å². The van der Waals surface area contributed by atoms with Crippen LogP contribution in [0.3, 0.4) is 0 Å². The molecule has 0 spiro atoms. The van der Waals surface area contributed by atoms with E-state index in [4.69, 9.17) is 4.74 Å². The number of carboxylic acid groups (broad SMARTS) is 1. The summed E-state index contributed by atoms with van der Waals surface area (Å²) in [5.74, 6) is -0.189. The molecule has 1 saturated carbocycles. The summed E-state index contributed by atoms with van der Waals surface area (Å²) in [5, 5.41) is 9.72. The monoisotopic (exact) mass is 530 g/mol. The zero-order valence-electron chi connectivity index (χ0n) is 23.4. The first-order valence-corrected chi connectivity index (χ1v) is 14.3. The molecule has 2 aliphatic rings. The largest absolute Gasteiger partial charge is 0.485 e. The van der Waals surface area contributed by atoms with Gasteiger partial charge in [0.1, 0.15) is 17.7 Å². The molecular formula is C33H39FN2O3. The summed E-state index contributed by atoms with van der Waals surface area (Å²) in [4.78, 5) is 18.3. The highest BCUT2D eigenvalue weighted by Gasteiger charge is 2.39. The van der Waals surface area contributed by atoms with Crippen LogP contribution >= 0.6 is 0 Å². The minimum Gasteiger partial charge on any atom is -0.485 e.